The zero-order valence-corrected chi connectivity index (χ0v) is 14.8. The van der Waals surface area contributed by atoms with Crippen molar-refractivity contribution in [3.05, 3.63) is 53.8 Å². The summed E-state index contributed by atoms with van der Waals surface area (Å²) in [5.41, 5.74) is 0.820. The summed E-state index contributed by atoms with van der Waals surface area (Å²) in [5.74, 6) is 5.52. The van der Waals surface area contributed by atoms with Gasteiger partial charge < -0.3 is 19.3 Å². The van der Waals surface area contributed by atoms with Crippen LogP contribution in [0.2, 0.25) is 0 Å². The molecule has 0 aromatic heterocycles. The summed E-state index contributed by atoms with van der Waals surface area (Å²) >= 11 is 0. The maximum atomic E-state index is 13.3. The van der Waals surface area contributed by atoms with Crippen LogP contribution >= 0.6 is 0 Å². The van der Waals surface area contributed by atoms with Crippen molar-refractivity contribution in [2.45, 2.75) is 25.4 Å². The topological polar surface area (TPSA) is 65.0 Å². The van der Waals surface area contributed by atoms with E-state index in [0.717, 1.165) is 5.56 Å². The van der Waals surface area contributed by atoms with E-state index in [9.17, 15) is 9.18 Å². The average Bonchev–Trinajstić information content (AvgIpc) is 2.66. The van der Waals surface area contributed by atoms with Crippen molar-refractivity contribution in [1.82, 2.24) is 0 Å². The van der Waals surface area contributed by atoms with Gasteiger partial charge in [0.15, 0.2) is 17.6 Å². The normalized spacial score (nSPS) is 16.0. The minimum absolute atomic E-state index is 0.0513. The fourth-order valence-corrected chi connectivity index (χ4v) is 2.76. The maximum absolute atomic E-state index is 13.3. The smallest absolute Gasteiger partial charge is 0.304 e. The molecule has 1 N–H and O–H groups in total. The molecule has 0 saturated heterocycles. The van der Waals surface area contributed by atoms with Crippen molar-refractivity contribution in [2.24, 2.45) is 0 Å². The Kier molecular flexibility index (Phi) is 5.82. The number of aliphatic carboxylic acids is 1. The first-order valence-electron chi connectivity index (χ1n) is 8.51. The van der Waals surface area contributed by atoms with E-state index in [2.05, 4.69) is 11.8 Å². The van der Waals surface area contributed by atoms with Crippen LogP contribution in [0.25, 0.3) is 0 Å². The lowest BCUT2D eigenvalue weighted by Gasteiger charge is -2.26. The van der Waals surface area contributed by atoms with Gasteiger partial charge >= 0.3 is 5.97 Å². The van der Waals surface area contributed by atoms with Gasteiger partial charge in [0.2, 0.25) is 0 Å². The molecule has 0 aliphatic carbocycles. The van der Waals surface area contributed by atoms with Gasteiger partial charge in [0, 0.05) is 6.07 Å². The summed E-state index contributed by atoms with van der Waals surface area (Å²) in [7, 11) is 0. The zero-order valence-electron chi connectivity index (χ0n) is 14.8. The Morgan fingerprint density at radius 2 is 2.07 bits per heavy atom. The van der Waals surface area contributed by atoms with Gasteiger partial charge in [-0.25, -0.2) is 4.39 Å². The SMILES string of the molecule is CC#CC(CC(=O)O)c1ccc(OC[C@H]2COc3ccc(F)cc3O2)cc1. The molecule has 1 unspecified atom stereocenters. The van der Waals surface area contributed by atoms with Gasteiger partial charge in [-0.1, -0.05) is 18.1 Å². The first kappa shape index (κ1) is 18.6. The number of hydrogen-bond donors (Lipinski definition) is 1. The van der Waals surface area contributed by atoms with E-state index in [1.165, 1.54) is 18.2 Å². The van der Waals surface area contributed by atoms with E-state index >= 15 is 0 Å². The predicted molar refractivity (Wildman–Crippen MR) is 96.7 cm³/mol. The van der Waals surface area contributed by atoms with Crippen molar-refractivity contribution >= 4 is 5.97 Å². The van der Waals surface area contributed by atoms with Gasteiger partial charge in [0.25, 0.3) is 0 Å². The Hall–Kier alpha value is -3.20. The highest BCUT2D eigenvalue weighted by atomic mass is 19.1. The van der Waals surface area contributed by atoms with Crippen LogP contribution in [-0.2, 0) is 4.79 Å². The molecule has 2 aromatic rings. The molecule has 3 rings (SSSR count). The first-order chi connectivity index (χ1) is 13.0. The third-order valence-corrected chi connectivity index (χ3v) is 4.04. The number of rotatable bonds is 6. The molecule has 0 amide bonds. The van der Waals surface area contributed by atoms with Crippen LogP contribution in [-0.4, -0.2) is 30.4 Å². The molecule has 6 heteroatoms. The summed E-state index contributed by atoms with van der Waals surface area (Å²) in [4.78, 5) is 11.0. The molecule has 1 aliphatic rings. The number of benzene rings is 2. The van der Waals surface area contributed by atoms with Crippen LogP contribution in [0, 0.1) is 17.7 Å². The van der Waals surface area contributed by atoms with E-state index in [1.54, 1.807) is 31.2 Å². The third kappa shape index (κ3) is 4.91. The number of hydrogen-bond acceptors (Lipinski definition) is 4. The second-order valence-corrected chi connectivity index (χ2v) is 6.07. The molecule has 5 nitrogen and oxygen atoms in total. The number of carboxylic acids is 1. The van der Waals surface area contributed by atoms with Crippen LogP contribution in [0.1, 0.15) is 24.8 Å². The molecular weight excluding hydrogens is 351 g/mol. The standard InChI is InChI=1S/C21H19FO5/c1-2-3-15(10-21(23)24)14-4-7-17(8-5-14)25-12-18-13-26-19-9-6-16(22)11-20(19)27-18/h4-9,11,15,18H,10,12-13H2,1H3,(H,23,24)/t15?,18-/m0/s1. The lowest BCUT2D eigenvalue weighted by molar-refractivity contribution is -0.137. The van der Waals surface area contributed by atoms with Gasteiger partial charge in [-0.2, -0.15) is 0 Å². The summed E-state index contributed by atoms with van der Waals surface area (Å²) in [5, 5.41) is 9.00. The Morgan fingerprint density at radius 1 is 1.30 bits per heavy atom. The maximum Gasteiger partial charge on any atom is 0.304 e. The lowest BCUT2D eigenvalue weighted by atomic mass is 9.96. The summed E-state index contributed by atoms with van der Waals surface area (Å²) in [6.07, 6.45) is -0.408. The minimum atomic E-state index is -0.894. The van der Waals surface area contributed by atoms with Gasteiger partial charge in [-0.15, -0.1) is 5.92 Å². The number of carbonyl (C=O) groups is 1. The van der Waals surface area contributed by atoms with E-state index < -0.39 is 5.97 Å². The molecule has 2 atom stereocenters. The number of fused-ring (bicyclic) bond motifs is 1. The minimum Gasteiger partial charge on any atom is -0.490 e. The molecule has 0 saturated carbocycles. The number of ether oxygens (including phenoxy) is 3. The molecular formula is C21H19FO5. The van der Waals surface area contributed by atoms with Gasteiger partial charge in [0.1, 0.15) is 24.8 Å². The summed E-state index contributed by atoms with van der Waals surface area (Å²) < 4.78 is 30.3. The Balaban J connectivity index is 1.59. The van der Waals surface area contributed by atoms with Crippen molar-refractivity contribution in [2.75, 3.05) is 13.2 Å². The number of carboxylic acid groups (broad SMARTS) is 1. The fourth-order valence-electron chi connectivity index (χ4n) is 2.76. The van der Waals surface area contributed by atoms with Crippen molar-refractivity contribution in [3.63, 3.8) is 0 Å². The van der Waals surface area contributed by atoms with Crippen LogP contribution in [0.3, 0.4) is 0 Å². The van der Waals surface area contributed by atoms with E-state index in [4.69, 9.17) is 19.3 Å². The van der Waals surface area contributed by atoms with Gasteiger partial charge in [0.05, 0.1) is 12.3 Å². The van der Waals surface area contributed by atoms with Crippen LogP contribution in [0.5, 0.6) is 17.2 Å². The van der Waals surface area contributed by atoms with Gasteiger partial charge in [-0.05, 0) is 36.8 Å². The second-order valence-electron chi connectivity index (χ2n) is 6.07. The highest BCUT2D eigenvalue weighted by molar-refractivity contribution is 5.69. The summed E-state index contributed by atoms with van der Waals surface area (Å²) in [6, 6.07) is 11.3. The van der Waals surface area contributed by atoms with Crippen molar-refractivity contribution in [3.8, 4) is 29.1 Å². The number of halogens is 1. The quantitative estimate of drug-likeness (QED) is 0.787. The molecule has 0 bridgehead atoms. The Labute approximate surface area is 156 Å². The third-order valence-electron chi connectivity index (χ3n) is 4.04. The summed E-state index contributed by atoms with van der Waals surface area (Å²) in [6.45, 7) is 2.23. The molecule has 0 radical (unpaired) electrons. The molecule has 2 aromatic carbocycles. The van der Waals surface area contributed by atoms with Gasteiger partial charge in [-0.3, -0.25) is 4.79 Å². The highest BCUT2D eigenvalue weighted by Crippen LogP contribution is 2.32. The molecule has 1 aliphatic heterocycles. The molecule has 0 fully saturated rings. The lowest BCUT2D eigenvalue weighted by Crippen LogP contribution is -2.34. The van der Waals surface area contributed by atoms with E-state index in [-0.39, 0.29) is 30.9 Å². The van der Waals surface area contributed by atoms with E-state index in [0.29, 0.717) is 23.9 Å². The van der Waals surface area contributed by atoms with E-state index in [1.807, 2.05) is 0 Å². The van der Waals surface area contributed by atoms with Crippen LogP contribution in [0.4, 0.5) is 4.39 Å². The van der Waals surface area contributed by atoms with Crippen LogP contribution < -0.4 is 14.2 Å². The van der Waals surface area contributed by atoms with Crippen molar-refractivity contribution in [1.29, 1.82) is 0 Å². The average molecular weight is 370 g/mol. The highest BCUT2D eigenvalue weighted by Gasteiger charge is 2.22. The first-order valence-corrected chi connectivity index (χ1v) is 8.51. The van der Waals surface area contributed by atoms with Crippen molar-refractivity contribution < 1.29 is 28.5 Å². The fraction of sp³-hybridized carbons (Fsp3) is 0.286. The Bertz CT molecular complexity index is 866. The van der Waals surface area contributed by atoms with Crippen LogP contribution in [0.15, 0.2) is 42.5 Å². The largest absolute Gasteiger partial charge is 0.490 e. The Morgan fingerprint density at radius 3 is 2.78 bits per heavy atom. The molecule has 27 heavy (non-hydrogen) atoms. The monoisotopic (exact) mass is 370 g/mol. The molecule has 140 valence electrons. The zero-order chi connectivity index (χ0) is 19.2. The predicted octanol–water partition coefficient (Wildman–Crippen LogP) is 3.63. The molecule has 1 heterocycles. The second kappa shape index (κ2) is 8.45. The molecule has 0 spiro atoms.